The molecule has 2 rings (SSSR count). The van der Waals surface area contributed by atoms with Gasteiger partial charge in [0.25, 0.3) is 0 Å². The van der Waals surface area contributed by atoms with Crippen molar-refractivity contribution in [3.8, 4) is 11.4 Å². The van der Waals surface area contributed by atoms with Gasteiger partial charge in [-0.05, 0) is 24.0 Å². The highest BCUT2D eigenvalue weighted by molar-refractivity contribution is 5.86. The Bertz CT molecular complexity index is 575. The molecule has 100 valence electrons. The summed E-state index contributed by atoms with van der Waals surface area (Å²) in [5, 5.41) is 17.8. The van der Waals surface area contributed by atoms with Gasteiger partial charge in [-0.1, -0.05) is 13.8 Å². The van der Waals surface area contributed by atoms with E-state index < -0.39 is 0 Å². The molecule has 1 unspecified atom stereocenters. The van der Waals surface area contributed by atoms with Crippen molar-refractivity contribution in [3.05, 3.63) is 35.9 Å². The number of aromatic nitrogens is 3. The fourth-order valence-electron chi connectivity index (χ4n) is 2.02. The van der Waals surface area contributed by atoms with Crippen LogP contribution in [0.25, 0.3) is 5.69 Å². The molecule has 5 heteroatoms. The van der Waals surface area contributed by atoms with E-state index >= 15 is 0 Å². The number of benzene rings is 1. The smallest absolute Gasteiger partial charge is 0.126 e. The van der Waals surface area contributed by atoms with E-state index in [0.717, 1.165) is 23.2 Å². The van der Waals surface area contributed by atoms with E-state index in [2.05, 4.69) is 29.0 Å². The molecule has 5 nitrogen and oxygen atoms in total. The number of aliphatic imine (C=N–C) groups is 1. The Morgan fingerprint density at radius 1 is 1.37 bits per heavy atom. The zero-order valence-corrected chi connectivity index (χ0v) is 11.4. The molecule has 1 aromatic heterocycles. The normalized spacial score (nSPS) is 13.0. The Kier molecular flexibility index (Phi) is 3.94. The third-order valence-corrected chi connectivity index (χ3v) is 3.29. The van der Waals surface area contributed by atoms with E-state index in [-0.39, 0.29) is 5.75 Å². The summed E-state index contributed by atoms with van der Waals surface area (Å²) in [4.78, 5) is 4.02. The number of phenols is 1. The molecular formula is C14H18N4O. The molecule has 1 aromatic carbocycles. The lowest BCUT2D eigenvalue weighted by Gasteiger charge is -2.16. The van der Waals surface area contributed by atoms with Gasteiger partial charge in [-0.2, -0.15) is 0 Å². The Morgan fingerprint density at radius 3 is 2.63 bits per heavy atom. The zero-order chi connectivity index (χ0) is 13.8. The van der Waals surface area contributed by atoms with Gasteiger partial charge in [-0.25, -0.2) is 0 Å². The Labute approximate surface area is 112 Å². The first-order valence-corrected chi connectivity index (χ1v) is 6.31. The van der Waals surface area contributed by atoms with Crippen molar-refractivity contribution in [1.29, 1.82) is 0 Å². The summed E-state index contributed by atoms with van der Waals surface area (Å²) >= 11 is 0. The van der Waals surface area contributed by atoms with Crippen molar-refractivity contribution in [2.24, 2.45) is 4.99 Å². The van der Waals surface area contributed by atoms with Gasteiger partial charge in [0.15, 0.2) is 0 Å². The van der Waals surface area contributed by atoms with Gasteiger partial charge in [0.2, 0.25) is 0 Å². The minimum Gasteiger partial charge on any atom is -0.507 e. The largest absolute Gasteiger partial charge is 0.507 e. The summed E-state index contributed by atoms with van der Waals surface area (Å²) in [5.41, 5.74) is 2.72. The lowest BCUT2D eigenvalue weighted by atomic mass is 9.93. The molecule has 1 atom stereocenters. The summed E-state index contributed by atoms with van der Waals surface area (Å²) < 4.78 is 1.78. The van der Waals surface area contributed by atoms with Crippen LogP contribution in [0.1, 0.15) is 37.3 Å². The van der Waals surface area contributed by atoms with Crippen molar-refractivity contribution in [1.82, 2.24) is 14.8 Å². The van der Waals surface area contributed by atoms with E-state index in [9.17, 15) is 5.11 Å². The molecule has 0 radical (unpaired) electrons. The van der Waals surface area contributed by atoms with Crippen LogP contribution in [0, 0.1) is 0 Å². The predicted molar refractivity (Wildman–Crippen MR) is 75.2 cm³/mol. The summed E-state index contributed by atoms with van der Waals surface area (Å²) in [6, 6.07) is 3.75. The van der Waals surface area contributed by atoms with Crippen LogP contribution in [0.5, 0.6) is 5.75 Å². The average molecular weight is 258 g/mol. The number of nitrogens with zero attached hydrogens (tertiary/aromatic N) is 4. The van der Waals surface area contributed by atoms with Crippen LogP contribution < -0.4 is 0 Å². The minimum absolute atomic E-state index is 0.229. The first kappa shape index (κ1) is 13.3. The summed E-state index contributed by atoms with van der Waals surface area (Å²) in [7, 11) is 1.70. The van der Waals surface area contributed by atoms with E-state index in [4.69, 9.17) is 0 Å². The van der Waals surface area contributed by atoms with Gasteiger partial charge >= 0.3 is 0 Å². The van der Waals surface area contributed by atoms with Crippen LogP contribution in [0.2, 0.25) is 0 Å². The first-order valence-electron chi connectivity index (χ1n) is 6.31. The molecule has 19 heavy (non-hydrogen) atoms. The summed E-state index contributed by atoms with van der Waals surface area (Å²) in [5.74, 6) is 0.572. The van der Waals surface area contributed by atoms with Crippen molar-refractivity contribution >= 4 is 6.21 Å². The second-order valence-electron chi connectivity index (χ2n) is 4.53. The monoisotopic (exact) mass is 258 g/mol. The molecule has 0 aliphatic heterocycles. The molecule has 1 heterocycles. The molecule has 0 spiro atoms. The highest BCUT2D eigenvalue weighted by atomic mass is 16.3. The van der Waals surface area contributed by atoms with Gasteiger partial charge in [0, 0.05) is 24.9 Å². The number of phenolic OH excluding ortho intramolecular Hbond substituents is 1. The van der Waals surface area contributed by atoms with Gasteiger partial charge in [-0.15, -0.1) is 10.2 Å². The van der Waals surface area contributed by atoms with Gasteiger partial charge in [0.1, 0.15) is 18.4 Å². The molecule has 2 aromatic rings. The lowest BCUT2D eigenvalue weighted by Crippen LogP contribution is -2.02. The molecule has 0 amide bonds. The third kappa shape index (κ3) is 2.65. The topological polar surface area (TPSA) is 63.3 Å². The summed E-state index contributed by atoms with van der Waals surface area (Å²) in [6.45, 7) is 4.26. The fraction of sp³-hybridized carbons (Fsp3) is 0.357. The van der Waals surface area contributed by atoms with E-state index in [0.29, 0.717) is 5.92 Å². The SMILES string of the molecule is CCC(C)c1cc(-n2cnnc2)cc(O)c1C=NC. The van der Waals surface area contributed by atoms with Crippen LogP contribution in [0.3, 0.4) is 0 Å². The highest BCUT2D eigenvalue weighted by Gasteiger charge is 2.14. The molecule has 0 aliphatic rings. The first-order chi connectivity index (χ1) is 9.17. The third-order valence-electron chi connectivity index (χ3n) is 3.29. The molecule has 0 fully saturated rings. The second kappa shape index (κ2) is 5.65. The van der Waals surface area contributed by atoms with Crippen LogP contribution in [-0.4, -0.2) is 33.1 Å². The van der Waals surface area contributed by atoms with Crippen LogP contribution in [-0.2, 0) is 0 Å². The van der Waals surface area contributed by atoms with E-state index in [1.807, 2.05) is 6.07 Å². The van der Waals surface area contributed by atoms with Crippen LogP contribution >= 0.6 is 0 Å². The van der Waals surface area contributed by atoms with E-state index in [1.165, 1.54) is 0 Å². The van der Waals surface area contributed by atoms with E-state index in [1.54, 1.807) is 36.6 Å². The van der Waals surface area contributed by atoms with Gasteiger partial charge in [0.05, 0.1) is 5.69 Å². The standard InChI is InChI=1S/C14H18N4O/c1-4-10(2)12-5-11(18-8-16-17-9-18)6-14(19)13(12)7-15-3/h5-10,19H,4H2,1-3H3. The maximum atomic E-state index is 10.2. The lowest BCUT2D eigenvalue weighted by molar-refractivity contribution is 0.472. The van der Waals surface area contributed by atoms with Crippen molar-refractivity contribution in [2.75, 3.05) is 7.05 Å². The Hall–Kier alpha value is -2.17. The van der Waals surface area contributed by atoms with Crippen LogP contribution in [0.4, 0.5) is 0 Å². The van der Waals surface area contributed by atoms with Gasteiger partial charge < -0.3 is 5.11 Å². The van der Waals surface area contributed by atoms with Crippen LogP contribution in [0.15, 0.2) is 29.8 Å². The quantitative estimate of drug-likeness (QED) is 0.857. The average Bonchev–Trinajstić information content (AvgIpc) is 2.94. The number of rotatable bonds is 4. The molecule has 0 saturated heterocycles. The number of aromatic hydroxyl groups is 1. The Balaban J connectivity index is 2.59. The maximum Gasteiger partial charge on any atom is 0.126 e. The van der Waals surface area contributed by atoms with Gasteiger partial charge in [-0.3, -0.25) is 9.56 Å². The molecule has 0 bridgehead atoms. The highest BCUT2D eigenvalue weighted by Crippen LogP contribution is 2.31. The molecular weight excluding hydrogens is 240 g/mol. The Morgan fingerprint density at radius 2 is 2.05 bits per heavy atom. The molecule has 0 aliphatic carbocycles. The van der Waals surface area contributed by atoms with Crippen molar-refractivity contribution in [3.63, 3.8) is 0 Å². The number of hydrogen-bond acceptors (Lipinski definition) is 4. The van der Waals surface area contributed by atoms with Crippen molar-refractivity contribution in [2.45, 2.75) is 26.2 Å². The van der Waals surface area contributed by atoms with Crippen molar-refractivity contribution < 1.29 is 5.11 Å². The fourth-order valence-corrected chi connectivity index (χ4v) is 2.02. The predicted octanol–water partition coefficient (Wildman–Crippen LogP) is 2.54. The number of hydrogen-bond donors (Lipinski definition) is 1. The summed E-state index contributed by atoms with van der Waals surface area (Å²) in [6.07, 6.45) is 5.92. The zero-order valence-electron chi connectivity index (χ0n) is 11.4. The molecule has 1 N–H and O–H groups in total. The molecule has 0 saturated carbocycles. The second-order valence-corrected chi connectivity index (χ2v) is 4.53. The minimum atomic E-state index is 0.229. The maximum absolute atomic E-state index is 10.2.